The monoisotopic (exact) mass is 272 g/mol. The first-order chi connectivity index (χ1) is 9.14. The number of rotatable bonds is 12. The summed E-state index contributed by atoms with van der Waals surface area (Å²) in [5.74, 6) is -0.0250. The van der Waals surface area contributed by atoms with Crippen LogP contribution in [0.4, 0.5) is 0 Å². The normalized spacial score (nSPS) is 14.1. The van der Waals surface area contributed by atoms with Crippen molar-refractivity contribution in [1.29, 1.82) is 0 Å². The van der Waals surface area contributed by atoms with E-state index in [0.717, 1.165) is 30.4 Å². The third-order valence-electron chi connectivity index (χ3n) is 3.92. The Morgan fingerprint density at radius 1 is 0.895 bits per heavy atom. The van der Waals surface area contributed by atoms with Crippen molar-refractivity contribution in [2.75, 3.05) is 32.8 Å². The molecular weight excluding hydrogens is 238 g/mol. The predicted octanol–water partition coefficient (Wildman–Crippen LogP) is 3.77. The number of esters is 1. The van der Waals surface area contributed by atoms with Gasteiger partial charge >= 0.3 is 5.97 Å². The van der Waals surface area contributed by atoms with Crippen LogP contribution in [0, 0.1) is 0 Å². The summed E-state index contributed by atoms with van der Waals surface area (Å²) in [6, 6.07) is 0. The van der Waals surface area contributed by atoms with Gasteiger partial charge in [-0.2, -0.15) is 0 Å². The summed E-state index contributed by atoms with van der Waals surface area (Å²) in [7, 11) is 0. The van der Waals surface area contributed by atoms with Crippen LogP contribution in [0.2, 0.25) is 0 Å². The number of carbonyl (C=O) groups is 1. The minimum absolute atomic E-state index is 0.0250. The van der Waals surface area contributed by atoms with Crippen molar-refractivity contribution in [3.8, 4) is 0 Å². The largest absolute Gasteiger partial charge is 0.460 e. The first-order valence-corrected chi connectivity index (χ1v) is 8.14. The highest BCUT2D eigenvalue weighted by molar-refractivity contribution is 5.69. The Bertz CT molecular complexity index is 231. The summed E-state index contributed by atoms with van der Waals surface area (Å²) in [4.78, 5) is 11.5. The van der Waals surface area contributed by atoms with Gasteiger partial charge in [0.2, 0.25) is 0 Å². The zero-order valence-corrected chi connectivity index (χ0v) is 13.5. The lowest BCUT2D eigenvalue weighted by atomic mass is 10.2. The molecule has 0 aromatic heterocycles. The summed E-state index contributed by atoms with van der Waals surface area (Å²) < 4.78 is 6.48. The van der Waals surface area contributed by atoms with E-state index in [1.807, 2.05) is 0 Å². The van der Waals surface area contributed by atoms with Gasteiger partial charge in [-0.3, -0.25) is 4.79 Å². The number of carbonyl (C=O) groups excluding carboxylic acids is 1. The Kier molecular flexibility index (Phi) is 10.9. The fourth-order valence-corrected chi connectivity index (χ4v) is 2.52. The summed E-state index contributed by atoms with van der Waals surface area (Å²) in [6.07, 6.45) is 6.26. The second-order valence-electron chi connectivity index (χ2n) is 5.51. The molecular formula is C16H34NO2+. The second-order valence-corrected chi connectivity index (χ2v) is 5.51. The average molecular weight is 272 g/mol. The molecule has 1 atom stereocenters. The molecule has 0 fully saturated rings. The number of quaternary nitrogens is 1. The van der Waals surface area contributed by atoms with Crippen molar-refractivity contribution in [1.82, 2.24) is 0 Å². The molecule has 0 radical (unpaired) electrons. The van der Waals surface area contributed by atoms with Crippen LogP contribution in [-0.2, 0) is 9.53 Å². The van der Waals surface area contributed by atoms with Gasteiger partial charge < -0.3 is 9.22 Å². The minimum Gasteiger partial charge on any atom is -0.460 e. The maximum atomic E-state index is 11.5. The summed E-state index contributed by atoms with van der Waals surface area (Å²) in [6.45, 7) is 13.9. The Hall–Kier alpha value is -0.570. The van der Waals surface area contributed by atoms with E-state index < -0.39 is 0 Å². The lowest BCUT2D eigenvalue weighted by Crippen LogP contribution is -2.51. The third kappa shape index (κ3) is 8.25. The lowest BCUT2D eigenvalue weighted by Gasteiger charge is -2.37. The van der Waals surface area contributed by atoms with Crippen molar-refractivity contribution in [2.24, 2.45) is 0 Å². The van der Waals surface area contributed by atoms with Gasteiger partial charge in [-0.25, -0.2) is 0 Å². The van der Waals surface area contributed by atoms with Gasteiger partial charge in [0.1, 0.15) is 13.2 Å². The highest BCUT2D eigenvalue weighted by Gasteiger charge is 2.23. The molecule has 0 aliphatic heterocycles. The number of hydrogen-bond acceptors (Lipinski definition) is 2. The summed E-state index contributed by atoms with van der Waals surface area (Å²) >= 11 is 0. The zero-order valence-electron chi connectivity index (χ0n) is 13.5. The molecule has 0 aliphatic rings. The number of unbranched alkanes of at least 4 members (excludes halogenated alkanes) is 2. The van der Waals surface area contributed by atoms with E-state index in [2.05, 4.69) is 27.7 Å². The standard InChI is InChI=1S/C16H34NO2/c1-5-9-11-16(18)19-15-14-17(8-4,12-7-3)13-10-6-2/h5-15H2,1-4H3/q+1. The smallest absolute Gasteiger partial charge is 0.305 e. The van der Waals surface area contributed by atoms with Crippen molar-refractivity contribution in [3.05, 3.63) is 0 Å². The SMILES string of the molecule is CCCCC(=O)OCC[N+](CC)(CCC)CCCC. The molecule has 0 aromatic carbocycles. The molecule has 0 N–H and O–H groups in total. The quantitative estimate of drug-likeness (QED) is 0.399. The molecule has 0 aromatic rings. The number of nitrogens with zero attached hydrogens (tertiary/aromatic N) is 1. The topological polar surface area (TPSA) is 26.3 Å². The molecule has 0 aliphatic carbocycles. The van der Waals surface area contributed by atoms with Gasteiger partial charge in [0.05, 0.1) is 19.6 Å². The minimum atomic E-state index is -0.0250. The first kappa shape index (κ1) is 18.4. The maximum absolute atomic E-state index is 11.5. The van der Waals surface area contributed by atoms with E-state index in [0.29, 0.717) is 13.0 Å². The molecule has 19 heavy (non-hydrogen) atoms. The first-order valence-electron chi connectivity index (χ1n) is 8.14. The van der Waals surface area contributed by atoms with Gasteiger partial charge in [0.25, 0.3) is 0 Å². The summed E-state index contributed by atoms with van der Waals surface area (Å²) in [5, 5.41) is 0. The van der Waals surface area contributed by atoms with Crippen LogP contribution >= 0.6 is 0 Å². The molecule has 1 unspecified atom stereocenters. The molecule has 3 nitrogen and oxygen atoms in total. The number of hydrogen-bond donors (Lipinski definition) is 0. The molecule has 0 spiro atoms. The third-order valence-corrected chi connectivity index (χ3v) is 3.92. The highest BCUT2D eigenvalue weighted by Crippen LogP contribution is 2.11. The molecule has 3 heteroatoms. The van der Waals surface area contributed by atoms with Crippen LogP contribution in [0.15, 0.2) is 0 Å². The average Bonchev–Trinajstić information content (AvgIpc) is 2.42. The van der Waals surface area contributed by atoms with Gasteiger partial charge in [-0.15, -0.1) is 0 Å². The number of ether oxygens (including phenoxy) is 1. The van der Waals surface area contributed by atoms with E-state index in [1.165, 1.54) is 32.4 Å². The van der Waals surface area contributed by atoms with Crippen molar-refractivity contribution in [3.63, 3.8) is 0 Å². The maximum Gasteiger partial charge on any atom is 0.305 e. The molecule has 0 amide bonds. The molecule has 0 saturated heterocycles. The van der Waals surface area contributed by atoms with Crippen molar-refractivity contribution >= 4 is 5.97 Å². The van der Waals surface area contributed by atoms with E-state index in [9.17, 15) is 4.79 Å². The van der Waals surface area contributed by atoms with Crippen molar-refractivity contribution < 1.29 is 14.0 Å². The fraction of sp³-hybridized carbons (Fsp3) is 0.938. The van der Waals surface area contributed by atoms with Gasteiger partial charge in [-0.1, -0.05) is 33.6 Å². The van der Waals surface area contributed by atoms with Gasteiger partial charge in [-0.05, 0) is 26.2 Å². The molecule has 0 rings (SSSR count). The predicted molar refractivity (Wildman–Crippen MR) is 81.1 cm³/mol. The molecule has 0 bridgehead atoms. The van der Waals surface area contributed by atoms with Crippen LogP contribution in [-0.4, -0.2) is 43.2 Å². The molecule has 0 heterocycles. The highest BCUT2D eigenvalue weighted by atomic mass is 16.5. The Balaban J connectivity index is 4.13. The Labute approximate surface area is 119 Å². The van der Waals surface area contributed by atoms with E-state index >= 15 is 0 Å². The van der Waals surface area contributed by atoms with E-state index in [-0.39, 0.29) is 5.97 Å². The zero-order chi connectivity index (χ0) is 14.6. The molecule has 0 saturated carbocycles. The fourth-order valence-electron chi connectivity index (χ4n) is 2.52. The van der Waals surface area contributed by atoms with Crippen molar-refractivity contribution in [2.45, 2.75) is 66.2 Å². The van der Waals surface area contributed by atoms with Gasteiger partial charge in [0, 0.05) is 6.42 Å². The summed E-state index contributed by atoms with van der Waals surface area (Å²) in [5.41, 5.74) is 0. The Morgan fingerprint density at radius 3 is 2.11 bits per heavy atom. The second kappa shape index (κ2) is 11.3. The number of likely N-dealkylation sites (N-methyl/N-ethyl adjacent to an activating group) is 1. The van der Waals surface area contributed by atoms with Crippen LogP contribution in [0.5, 0.6) is 0 Å². The van der Waals surface area contributed by atoms with Crippen LogP contribution < -0.4 is 0 Å². The Morgan fingerprint density at radius 2 is 1.58 bits per heavy atom. The lowest BCUT2D eigenvalue weighted by molar-refractivity contribution is -0.927. The molecule has 114 valence electrons. The van der Waals surface area contributed by atoms with Gasteiger partial charge in [0.15, 0.2) is 0 Å². The van der Waals surface area contributed by atoms with Crippen LogP contribution in [0.1, 0.15) is 66.2 Å². The van der Waals surface area contributed by atoms with E-state index in [1.54, 1.807) is 0 Å². The van der Waals surface area contributed by atoms with E-state index in [4.69, 9.17) is 4.74 Å². The van der Waals surface area contributed by atoms with Crippen LogP contribution in [0.25, 0.3) is 0 Å². The van der Waals surface area contributed by atoms with Crippen LogP contribution in [0.3, 0.4) is 0 Å².